The Morgan fingerprint density at radius 2 is 2.21 bits per heavy atom. The van der Waals surface area contributed by atoms with Crippen molar-refractivity contribution in [3.05, 3.63) is 48.7 Å². The Bertz CT molecular complexity index is 503. The number of hydrogen-bond acceptors (Lipinski definition) is 5. The molecule has 0 saturated carbocycles. The first-order valence-corrected chi connectivity index (χ1v) is 6.38. The van der Waals surface area contributed by atoms with Crippen LogP contribution in [0.2, 0.25) is 0 Å². The quantitative estimate of drug-likeness (QED) is 0.470. The van der Waals surface area contributed by atoms with Crippen LogP contribution in [0.15, 0.2) is 48.7 Å². The SMILES string of the molecule is C=CCN(CC=C)C(=O)/C(C#N)=C\Nc1nccs1. The maximum absolute atomic E-state index is 12.1. The zero-order valence-electron chi connectivity index (χ0n) is 10.4. The summed E-state index contributed by atoms with van der Waals surface area (Å²) in [5.41, 5.74) is 0.0129. The lowest BCUT2D eigenvalue weighted by atomic mass is 10.2. The molecule has 0 aliphatic rings. The zero-order valence-corrected chi connectivity index (χ0v) is 11.2. The smallest absolute Gasteiger partial charge is 0.266 e. The number of amides is 1. The van der Waals surface area contributed by atoms with E-state index in [0.29, 0.717) is 18.2 Å². The van der Waals surface area contributed by atoms with Gasteiger partial charge in [-0.1, -0.05) is 12.2 Å². The molecule has 1 heterocycles. The summed E-state index contributed by atoms with van der Waals surface area (Å²) >= 11 is 1.38. The van der Waals surface area contributed by atoms with Crippen LogP contribution in [0.25, 0.3) is 0 Å². The summed E-state index contributed by atoms with van der Waals surface area (Å²) in [6, 6.07) is 1.88. The highest BCUT2D eigenvalue weighted by Gasteiger charge is 2.16. The van der Waals surface area contributed by atoms with Crippen molar-refractivity contribution in [2.75, 3.05) is 18.4 Å². The van der Waals surface area contributed by atoms with Crippen LogP contribution < -0.4 is 5.32 Å². The van der Waals surface area contributed by atoms with E-state index in [1.165, 1.54) is 22.4 Å². The maximum atomic E-state index is 12.1. The summed E-state index contributed by atoms with van der Waals surface area (Å²) in [7, 11) is 0. The van der Waals surface area contributed by atoms with Crippen molar-refractivity contribution in [2.45, 2.75) is 0 Å². The Morgan fingerprint density at radius 1 is 1.53 bits per heavy atom. The number of nitrogens with zero attached hydrogens (tertiary/aromatic N) is 3. The van der Waals surface area contributed by atoms with Gasteiger partial charge in [0.15, 0.2) is 5.13 Å². The fraction of sp³-hybridized carbons (Fsp3) is 0.154. The second-order valence-electron chi connectivity index (χ2n) is 3.44. The van der Waals surface area contributed by atoms with E-state index < -0.39 is 0 Å². The van der Waals surface area contributed by atoms with E-state index in [9.17, 15) is 4.79 Å². The predicted octanol–water partition coefficient (Wildman–Crippen LogP) is 2.16. The Kier molecular flexibility index (Phi) is 6.06. The number of carbonyl (C=O) groups excluding carboxylic acids is 1. The number of carbonyl (C=O) groups is 1. The zero-order chi connectivity index (χ0) is 14.1. The van der Waals surface area contributed by atoms with Crippen LogP contribution in [-0.2, 0) is 4.79 Å². The number of rotatable bonds is 7. The molecule has 0 spiro atoms. The van der Waals surface area contributed by atoms with Crippen LogP contribution in [0.1, 0.15) is 0 Å². The third kappa shape index (κ3) is 4.41. The molecule has 0 bridgehead atoms. The van der Waals surface area contributed by atoms with Crippen molar-refractivity contribution in [1.29, 1.82) is 5.26 Å². The van der Waals surface area contributed by atoms with Gasteiger partial charge in [0.05, 0.1) is 0 Å². The molecule has 5 nitrogen and oxygen atoms in total. The molecule has 0 saturated heterocycles. The van der Waals surface area contributed by atoms with Gasteiger partial charge in [0.1, 0.15) is 11.6 Å². The third-order valence-corrected chi connectivity index (χ3v) is 2.81. The van der Waals surface area contributed by atoms with E-state index in [-0.39, 0.29) is 11.5 Å². The van der Waals surface area contributed by atoms with Gasteiger partial charge in [0, 0.05) is 30.9 Å². The minimum atomic E-state index is -0.369. The largest absolute Gasteiger partial charge is 0.337 e. The first kappa shape index (κ1) is 14.7. The lowest BCUT2D eigenvalue weighted by molar-refractivity contribution is -0.125. The van der Waals surface area contributed by atoms with E-state index in [4.69, 9.17) is 5.26 Å². The van der Waals surface area contributed by atoms with Crippen molar-refractivity contribution in [3.8, 4) is 6.07 Å². The van der Waals surface area contributed by atoms with Gasteiger partial charge in [-0.2, -0.15) is 5.26 Å². The van der Waals surface area contributed by atoms with E-state index in [2.05, 4.69) is 23.5 Å². The van der Waals surface area contributed by atoms with E-state index in [0.717, 1.165) is 0 Å². The number of anilines is 1. The summed E-state index contributed by atoms with van der Waals surface area (Å²) in [5.74, 6) is -0.369. The van der Waals surface area contributed by atoms with Crippen molar-refractivity contribution in [1.82, 2.24) is 9.88 Å². The van der Waals surface area contributed by atoms with Crippen LogP contribution in [0, 0.1) is 11.3 Å². The Hall–Kier alpha value is -2.39. The number of thiazole rings is 1. The highest BCUT2D eigenvalue weighted by Crippen LogP contribution is 2.11. The minimum absolute atomic E-state index is 0.0129. The maximum Gasteiger partial charge on any atom is 0.266 e. The number of nitrogens with one attached hydrogen (secondary N) is 1. The molecule has 1 rings (SSSR count). The number of aromatic nitrogens is 1. The Morgan fingerprint density at radius 3 is 2.68 bits per heavy atom. The molecule has 0 atom stereocenters. The van der Waals surface area contributed by atoms with Crippen molar-refractivity contribution in [3.63, 3.8) is 0 Å². The van der Waals surface area contributed by atoms with E-state index >= 15 is 0 Å². The fourth-order valence-corrected chi connectivity index (χ4v) is 1.79. The molecule has 19 heavy (non-hydrogen) atoms. The molecular formula is C13H14N4OS. The van der Waals surface area contributed by atoms with E-state index in [1.54, 1.807) is 23.7 Å². The second kappa shape index (κ2) is 7.84. The molecule has 1 aromatic rings. The molecule has 0 unspecified atom stereocenters. The highest BCUT2D eigenvalue weighted by atomic mass is 32.1. The molecule has 0 radical (unpaired) electrons. The molecule has 0 aliphatic heterocycles. The standard InChI is InChI=1S/C13H14N4OS/c1-3-6-17(7-4-2)12(18)11(9-14)10-16-13-15-5-8-19-13/h3-5,8,10H,1-2,6-7H2,(H,15,16)/b11-10-. The summed E-state index contributed by atoms with van der Waals surface area (Å²) in [4.78, 5) is 17.6. The van der Waals surface area contributed by atoms with Gasteiger partial charge in [-0.3, -0.25) is 4.79 Å². The van der Waals surface area contributed by atoms with Gasteiger partial charge < -0.3 is 10.2 Å². The molecule has 0 aliphatic carbocycles. The summed E-state index contributed by atoms with van der Waals surface area (Å²) in [6.45, 7) is 7.89. The molecule has 98 valence electrons. The van der Waals surface area contributed by atoms with Gasteiger partial charge in [-0.15, -0.1) is 24.5 Å². The number of hydrogen-bond donors (Lipinski definition) is 1. The van der Waals surface area contributed by atoms with Crippen LogP contribution >= 0.6 is 11.3 Å². The molecule has 1 N–H and O–H groups in total. The minimum Gasteiger partial charge on any atom is -0.337 e. The van der Waals surface area contributed by atoms with Crippen LogP contribution in [0.3, 0.4) is 0 Å². The molecule has 0 fully saturated rings. The summed E-state index contributed by atoms with van der Waals surface area (Å²) < 4.78 is 0. The highest BCUT2D eigenvalue weighted by molar-refractivity contribution is 7.13. The predicted molar refractivity (Wildman–Crippen MR) is 76.4 cm³/mol. The van der Waals surface area contributed by atoms with E-state index in [1.807, 2.05) is 6.07 Å². The molecule has 0 aromatic carbocycles. The fourth-order valence-electron chi connectivity index (χ4n) is 1.29. The lowest BCUT2D eigenvalue weighted by Gasteiger charge is -2.18. The monoisotopic (exact) mass is 274 g/mol. The van der Waals surface area contributed by atoms with Crippen molar-refractivity contribution in [2.24, 2.45) is 0 Å². The van der Waals surface area contributed by atoms with Crippen LogP contribution in [0.4, 0.5) is 5.13 Å². The molecular weight excluding hydrogens is 260 g/mol. The van der Waals surface area contributed by atoms with Crippen LogP contribution in [-0.4, -0.2) is 28.9 Å². The summed E-state index contributed by atoms with van der Waals surface area (Å²) in [5, 5.41) is 14.3. The topological polar surface area (TPSA) is 69.0 Å². The van der Waals surface area contributed by atoms with Crippen molar-refractivity contribution < 1.29 is 4.79 Å². The number of nitriles is 1. The average molecular weight is 274 g/mol. The Labute approximate surface area is 116 Å². The lowest BCUT2D eigenvalue weighted by Crippen LogP contribution is -2.32. The van der Waals surface area contributed by atoms with Gasteiger partial charge >= 0.3 is 0 Å². The second-order valence-corrected chi connectivity index (χ2v) is 4.33. The third-order valence-electron chi connectivity index (χ3n) is 2.11. The first-order chi connectivity index (χ1) is 9.22. The average Bonchev–Trinajstić information content (AvgIpc) is 2.92. The molecule has 6 heteroatoms. The van der Waals surface area contributed by atoms with Crippen molar-refractivity contribution >= 4 is 22.4 Å². The molecule has 1 amide bonds. The Balaban J connectivity index is 2.79. The van der Waals surface area contributed by atoms with Gasteiger partial charge in [-0.05, 0) is 0 Å². The summed E-state index contributed by atoms with van der Waals surface area (Å²) in [6.07, 6.45) is 6.20. The first-order valence-electron chi connectivity index (χ1n) is 5.50. The normalized spacial score (nSPS) is 10.4. The van der Waals surface area contributed by atoms with Gasteiger partial charge in [0.2, 0.25) is 0 Å². The van der Waals surface area contributed by atoms with Gasteiger partial charge in [0.25, 0.3) is 5.91 Å². The van der Waals surface area contributed by atoms with Gasteiger partial charge in [-0.25, -0.2) is 4.98 Å². The van der Waals surface area contributed by atoms with Crippen LogP contribution in [0.5, 0.6) is 0 Å². The molecule has 1 aromatic heterocycles.